The van der Waals surface area contributed by atoms with Gasteiger partial charge in [-0.2, -0.15) is 5.10 Å². The first-order valence-electron chi connectivity index (χ1n) is 5.90. The molecule has 3 aromatic rings. The maximum atomic E-state index is 6.07. The van der Waals surface area contributed by atoms with Crippen molar-refractivity contribution in [3.05, 3.63) is 65.8 Å². The number of hydrogen-bond acceptors (Lipinski definition) is 2. The quantitative estimate of drug-likeness (QED) is 0.720. The van der Waals surface area contributed by atoms with E-state index in [0.29, 0.717) is 10.7 Å². The highest BCUT2D eigenvalue weighted by Crippen LogP contribution is 2.28. The molecule has 0 bridgehead atoms. The number of nitrogens with zero attached hydrogens (tertiary/aromatic N) is 2. The number of nitrogen functional groups attached to an aromatic ring is 1. The van der Waals surface area contributed by atoms with Crippen molar-refractivity contribution in [2.24, 2.45) is 0 Å². The summed E-state index contributed by atoms with van der Waals surface area (Å²) in [6.45, 7) is 0. The lowest BCUT2D eigenvalue weighted by molar-refractivity contribution is 0.888. The molecule has 94 valence electrons. The van der Waals surface area contributed by atoms with E-state index in [2.05, 4.69) is 5.10 Å². The van der Waals surface area contributed by atoms with Gasteiger partial charge < -0.3 is 5.73 Å². The average Bonchev–Trinajstić information content (AvgIpc) is 2.92. The number of hydrogen-bond donors (Lipinski definition) is 1. The Bertz CT molecular complexity index is 704. The molecule has 0 saturated heterocycles. The van der Waals surface area contributed by atoms with Crippen LogP contribution in [0.3, 0.4) is 0 Å². The summed E-state index contributed by atoms with van der Waals surface area (Å²) < 4.78 is 1.88. The molecule has 2 aromatic carbocycles. The van der Waals surface area contributed by atoms with Crippen LogP contribution in [-0.2, 0) is 0 Å². The molecule has 0 saturated carbocycles. The van der Waals surface area contributed by atoms with Crippen LogP contribution < -0.4 is 5.73 Å². The molecule has 0 aliphatic heterocycles. The van der Waals surface area contributed by atoms with Gasteiger partial charge in [-0.25, -0.2) is 4.68 Å². The van der Waals surface area contributed by atoms with E-state index in [4.69, 9.17) is 17.3 Å². The Hall–Kier alpha value is -2.26. The Labute approximate surface area is 116 Å². The van der Waals surface area contributed by atoms with Crippen LogP contribution in [0.25, 0.3) is 16.9 Å². The Morgan fingerprint density at radius 3 is 2.53 bits per heavy atom. The summed E-state index contributed by atoms with van der Waals surface area (Å²) in [6, 6.07) is 17.5. The summed E-state index contributed by atoms with van der Waals surface area (Å²) in [5.41, 5.74) is 9.29. The summed E-state index contributed by atoms with van der Waals surface area (Å²) in [5.74, 6) is 0. The number of halogens is 1. The highest BCUT2D eigenvalue weighted by molar-refractivity contribution is 6.33. The molecular weight excluding hydrogens is 258 g/mol. The fraction of sp³-hybridized carbons (Fsp3) is 0. The molecule has 0 aliphatic carbocycles. The summed E-state index contributed by atoms with van der Waals surface area (Å²) >= 11 is 6.07. The minimum atomic E-state index is 0.554. The highest BCUT2D eigenvalue weighted by Gasteiger charge is 2.08. The van der Waals surface area contributed by atoms with Crippen LogP contribution in [0.2, 0.25) is 5.02 Å². The van der Waals surface area contributed by atoms with Crippen molar-refractivity contribution >= 4 is 17.3 Å². The van der Waals surface area contributed by atoms with E-state index >= 15 is 0 Å². The zero-order valence-electron chi connectivity index (χ0n) is 10.1. The number of anilines is 1. The SMILES string of the molecule is Nc1ccc(-c2ccnn2-c2ccccc2)cc1Cl. The van der Waals surface area contributed by atoms with Gasteiger partial charge in [0.05, 0.1) is 28.3 Å². The van der Waals surface area contributed by atoms with E-state index in [1.807, 2.05) is 53.2 Å². The minimum Gasteiger partial charge on any atom is -0.398 e. The molecule has 0 radical (unpaired) electrons. The van der Waals surface area contributed by atoms with Crippen LogP contribution >= 0.6 is 11.6 Å². The van der Waals surface area contributed by atoms with Crippen LogP contribution in [0.5, 0.6) is 0 Å². The Balaban J connectivity index is 2.12. The lowest BCUT2D eigenvalue weighted by Crippen LogP contribution is -1.98. The molecule has 3 rings (SSSR count). The monoisotopic (exact) mass is 269 g/mol. The third-order valence-electron chi connectivity index (χ3n) is 2.94. The summed E-state index contributed by atoms with van der Waals surface area (Å²) in [4.78, 5) is 0. The van der Waals surface area contributed by atoms with Crippen LogP contribution in [0, 0.1) is 0 Å². The molecule has 0 aliphatic rings. The largest absolute Gasteiger partial charge is 0.398 e. The van der Waals surface area contributed by atoms with Crippen molar-refractivity contribution in [1.82, 2.24) is 9.78 Å². The summed E-state index contributed by atoms with van der Waals surface area (Å²) in [6.07, 6.45) is 1.77. The number of aromatic nitrogens is 2. The molecule has 0 unspecified atom stereocenters. The van der Waals surface area contributed by atoms with Gasteiger partial charge in [0.25, 0.3) is 0 Å². The first-order valence-corrected chi connectivity index (χ1v) is 6.28. The van der Waals surface area contributed by atoms with Crippen LogP contribution in [0.4, 0.5) is 5.69 Å². The van der Waals surface area contributed by atoms with Crippen molar-refractivity contribution in [2.75, 3.05) is 5.73 Å². The third kappa shape index (κ3) is 2.20. The molecule has 1 heterocycles. The molecule has 4 heteroatoms. The fourth-order valence-electron chi connectivity index (χ4n) is 1.98. The Morgan fingerprint density at radius 1 is 1.00 bits per heavy atom. The molecule has 19 heavy (non-hydrogen) atoms. The van der Waals surface area contributed by atoms with Crippen molar-refractivity contribution in [1.29, 1.82) is 0 Å². The topological polar surface area (TPSA) is 43.8 Å². The summed E-state index contributed by atoms with van der Waals surface area (Å²) in [5, 5.41) is 4.91. The normalized spacial score (nSPS) is 10.6. The zero-order valence-corrected chi connectivity index (χ0v) is 10.9. The predicted octanol–water partition coefficient (Wildman–Crippen LogP) is 3.77. The second kappa shape index (κ2) is 4.78. The predicted molar refractivity (Wildman–Crippen MR) is 78.4 cm³/mol. The number of rotatable bonds is 2. The van der Waals surface area contributed by atoms with E-state index in [0.717, 1.165) is 16.9 Å². The van der Waals surface area contributed by atoms with Crippen molar-refractivity contribution in [3.63, 3.8) is 0 Å². The van der Waals surface area contributed by atoms with Gasteiger partial charge in [0.1, 0.15) is 0 Å². The van der Waals surface area contributed by atoms with Crippen LogP contribution in [0.1, 0.15) is 0 Å². The van der Waals surface area contributed by atoms with E-state index in [9.17, 15) is 0 Å². The lowest BCUT2D eigenvalue weighted by atomic mass is 10.1. The maximum absolute atomic E-state index is 6.07. The minimum absolute atomic E-state index is 0.554. The Morgan fingerprint density at radius 2 is 1.79 bits per heavy atom. The molecule has 0 spiro atoms. The molecule has 0 atom stereocenters. The fourth-order valence-corrected chi connectivity index (χ4v) is 2.16. The average molecular weight is 270 g/mol. The maximum Gasteiger partial charge on any atom is 0.0741 e. The highest BCUT2D eigenvalue weighted by atomic mass is 35.5. The molecule has 2 N–H and O–H groups in total. The molecule has 1 aromatic heterocycles. The number of para-hydroxylation sites is 1. The van der Waals surface area contributed by atoms with Crippen LogP contribution in [-0.4, -0.2) is 9.78 Å². The summed E-state index contributed by atoms with van der Waals surface area (Å²) in [7, 11) is 0. The van der Waals surface area contributed by atoms with E-state index in [1.54, 1.807) is 12.3 Å². The van der Waals surface area contributed by atoms with Crippen molar-refractivity contribution < 1.29 is 0 Å². The van der Waals surface area contributed by atoms with Crippen molar-refractivity contribution in [2.45, 2.75) is 0 Å². The zero-order chi connectivity index (χ0) is 13.2. The van der Waals surface area contributed by atoms with Crippen LogP contribution in [0.15, 0.2) is 60.8 Å². The first kappa shape index (κ1) is 11.8. The Kier molecular flexibility index (Phi) is 2.97. The number of nitrogens with two attached hydrogens (primary N) is 1. The van der Waals surface area contributed by atoms with E-state index < -0.39 is 0 Å². The standard InChI is InChI=1S/C15H12ClN3/c16-13-10-11(6-7-14(13)17)15-8-9-18-19(15)12-4-2-1-3-5-12/h1-10H,17H2. The smallest absolute Gasteiger partial charge is 0.0741 e. The van der Waals surface area contributed by atoms with Gasteiger partial charge in [-0.15, -0.1) is 0 Å². The first-order chi connectivity index (χ1) is 9.25. The van der Waals surface area contributed by atoms with E-state index in [-0.39, 0.29) is 0 Å². The molecule has 0 fully saturated rings. The molecule has 3 nitrogen and oxygen atoms in total. The van der Waals surface area contributed by atoms with Gasteiger partial charge in [0.15, 0.2) is 0 Å². The number of benzene rings is 2. The van der Waals surface area contributed by atoms with Gasteiger partial charge in [-0.1, -0.05) is 35.9 Å². The lowest BCUT2D eigenvalue weighted by Gasteiger charge is -2.08. The van der Waals surface area contributed by atoms with Crippen molar-refractivity contribution in [3.8, 4) is 16.9 Å². The van der Waals surface area contributed by atoms with E-state index in [1.165, 1.54) is 0 Å². The second-order valence-corrected chi connectivity index (χ2v) is 4.61. The van der Waals surface area contributed by atoms with Gasteiger partial charge >= 0.3 is 0 Å². The van der Waals surface area contributed by atoms with Gasteiger partial charge in [0, 0.05) is 5.56 Å². The molecule has 0 amide bonds. The third-order valence-corrected chi connectivity index (χ3v) is 3.27. The van der Waals surface area contributed by atoms with Gasteiger partial charge in [0.2, 0.25) is 0 Å². The van der Waals surface area contributed by atoms with Gasteiger partial charge in [-0.3, -0.25) is 0 Å². The van der Waals surface area contributed by atoms with Gasteiger partial charge in [-0.05, 0) is 30.3 Å². The second-order valence-electron chi connectivity index (χ2n) is 4.20. The molecular formula is C15H12ClN3.